The number of aliphatic hydroxyl groups excluding tert-OH is 1. The van der Waals surface area contributed by atoms with Gasteiger partial charge in [-0.05, 0) is 98.7 Å². The van der Waals surface area contributed by atoms with Gasteiger partial charge in [-0.2, -0.15) is 0 Å². The molecule has 7 unspecified atom stereocenters. The predicted octanol–water partition coefficient (Wildman–Crippen LogP) is 5.30. The van der Waals surface area contributed by atoms with E-state index in [1.807, 2.05) is 0 Å². The van der Waals surface area contributed by atoms with E-state index in [9.17, 15) is 14.7 Å². The number of ketones is 1. The summed E-state index contributed by atoms with van der Waals surface area (Å²) >= 11 is 0. The van der Waals surface area contributed by atoms with Crippen molar-refractivity contribution in [2.75, 3.05) is 13.7 Å². The summed E-state index contributed by atoms with van der Waals surface area (Å²) in [5.74, 6) is 2.35. The number of methoxy groups -OCH3 is 1. The molecular formula is C30H48O6. The first-order chi connectivity index (χ1) is 17.2. The summed E-state index contributed by atoms with van der Waals surface area (Å²) in [4.78, 5) is 24.3. The van der Waals surface area contributed by atoms with Crippen LogP contribution >= 0.6 is 0 Å². The largest absolute Gasteiger partial charge is 0.469 e. The van der Waals surface area contributed by atoms with Gasteiger partial charge in [0.05, 0.1) is 19.3 Å². The van der Waals surface area contributed by atoms with E-state index in [1.165, 1.54) is 7.11 Å². The fraction of sp³-hybridized carbons (Fsp3) is 0.933. The Morgan fingerprint density at radius 2 is 1.97 bits per heavy atom. The van der Waals surface area contributed by atoms with Gasteiger partial charge in [-0.15, -0.1) is 0 Å². The molecule has 1 N–H and O–H groups in total. The molecule has 204 valence electrons. The second-order valence-electron chi connectivity index (χ2n) is 13.3. The van der Waals surface area contributed by atoms with E-state index in [1.54, 1.807) is 0 Å². The molecule has 4 aliphatic carbocycles. The summed E-state index contributed by atoms with van der Waals surface area (Å²) < 4.78 is 18.0. The van der Waals surface area contributed by atoms with Gasteiger partial charge in [-0.25, -0.2) is 0 Å². The molecule has 0 aromatic rings. The number of esters is 1. The maximum atomic E-state index is 12.4. The molecule has 0 radical (unpaired) electrons. The molecule has 0 aromatic heterocycles. The molecule has 4 saturated carbocycles. The zero-order chi connectivity index (χ0) is 25.7. The van der Waals surface area contributed by atoms with Gasteiger partial charge in [-0.3, -0.25) is 9.59 Å². The van der Waals surface area contributed by atoms with Gasteiger partial charge in [-0.1, -0.05) is 20.8 Å². The molecule has 1 heterocycles. The lowest BCUT2D eigenvalue weighted by Gasteiger charge is -2.64. The van der Waals surface area contributed by atoms with Gasteiger partial charge >= 0.3 is 5.97 Å². The minimum Gasteiger partial charge on any atom is -0.469 e. The molecule has 6 nitrogen and oxygen atoms in total. The van der Waals surface area contributed by atoms with E-state index in [2.05, 4.69) is 20.8 Å². The third-order valence-corrected chi connectivity index (χ3v) is 11.8. The van der Waals surface area contributed by atoms with Crippen molar-refractivity contribution < 1.29 is 28.9 Å². The standard InChI is InChI=1S/C30H48O6/c1-18(8-11-26(33)34-4)21-9-10-22-28-23(29(2)13-12-20(31)15-19(29)16-24(28)32)17-25(30(21,22)3)36-27-7-5-6-14-35-27/h18-19,21-25,27-28,32H,5-17H2,1-4H3/t18?,19-,21?,22?,23?,24?,25-,27?,28?,29-,30+/m0/s1. The molecule has 6 heteroatoms. The fourth-order valence-electron chi connectivity index (χ4n) is 9.77. The predicted molar refractivity (Wildman–Crippen MR) is 136 cm³/mol. The maximum Gasteiger partial charge on any atom is 0.305 e. The first-order valence-electron chi connectivity index (χ1n) is 14.7. The number of aliphatic hydroxyl groups is 1. The highest BCUT2D eigenvalue weighted by molar-refractivity contribution is 5.79. The van der Waals surface area contributed by atoms with Crippen LogP contribution in [0.4, 0.5) is 0 Å². The quantitative estimate of drug-likeness (QED) is 0.391. The highest BCUT2D eigenvalue weighted by Gasteiger charge is 2.66. The maximum absolute atomic E-state index is 12.4. The number of ether oxygens (including phenoxy) is 3. The molecule has 1 saturated heterocycles. The molecule has 5 aliphatic rings. The monoisotopic (exact) mass is 504 g/mol. The number of hydrogen-bond donors (Lipinski definition) is 1. The third kappa shape index (κ3) is 4.47. The van der Waals surface area contributed by atoms with Gasteiger partial charge in [0.15, 0.2) is 6.29 Å². The fourth-order valence-corrected chi connectivity index (χ4v) is 9.77. The number of carbonyl (C=O) groups is 2. The minimum atomic E-state index is -0.348. The Kier molecular flexibility index (Phi) is 7.61. The Hall–Kier alpha value is -0.980. The van der Waals surface area contributed by atoms with Crippen LogP contribution in [-0.2, 0) is 23.8 Å². The van der Waals surface area contributed by atoms with Crippen LogP contribution in [0.25, 0.3) is 0 Å². The average molecular weight is 505 g/mol. The van der Waals surface area contributed by atoms with Crippen LogP contribution in [0.3, 0.4) is 0 Å². The highest BCUT2D eigenvalue weighted by atomic mass is 16.7. The summed E-state index contributed by atoms with van der Waals surface area (Å²) in [5.41, 5.74) is 0.0227. The number of hydrogen-bond acceptors (Lipinski definition) is 6. The van der Waals surface area contributed by atoms with E-state index in [0.717, 1.165) is 64.4 Å². The van der Waals surface area contributed by atoms with Crippen LogP contribution in [0.1, 0.15) is 97.8 Å². The van der Waals surface area contributed by atoms with Crippen molar-refractivity contribution in [3.05, 3.63) is 0 Å². The normalized spacial score (nSPS) is 47.4. The zero-order valence-electron chi connectivity index (χ0n) is 22.9. The van der Waals surface area contributed by atoms with Crippen LogP contribution < -0.4 is 0 Å². The summed E-state index contributed by atoms with van der Waals surface area (Å²) in [6.07, 6.45) is 10.2. The van der Waals surface area contributed by atoms with Gasteiger partial charge in [0.1, 0.15) is 5.78 Å². The van der Waals surface area contributed by atoms with Crippen molar-refractivity contribution in [2.45, 2.75) is 116 Å². The van der Waals surface area contributed by atoms with E-state index >= 15 is 0 Å². The lowest BCUT2D eigenvalue weighted by atomic mass is 9.43. The second-order valence-corrected chi connectivity index (χ2v) is 13.3. The Balaban J connectivity index is 1.46. The topological polar surface area (TPSA) is 82.1 Å². The second kappa shape index (κ2) is 10.3. The molecule has 5 fully saturated rings. The van der Waals surface area contributed by atoms with Crippen LogP contribution in [0.15, 0.2) is 0 Å². The van der Waals surface area contributed by atoms with E-state index in [4.69, 9.17) is 14.2 Å². The smallest absolute Gasteiger partial charge is 0.305 e. The Bertz CT molecular complexity index is 822. The average Bonchev–Trinajstić information content (AvgIpc) is 3.22. The number of fused-ring (bicyclic) bond motifs is 5. The number of carbonyl (C=O) groups excluding carboxylic acids is 2. The molecule has 0 aromatic carbocycles. The highest BCUT2D eigenvalue weighted by Crippen LogP contribution is 2.69. The van der Waals surface area contributed by atoms with Gasteiger partial charge < -0.3 is 19.3 Å². The van der Waals surface area contributed by atoms with Crippen LogP contribution in [0.5, 0.6) is 0 Å². The molecule has 11 atom stereocenters. The summed E-state index contributed by atoms with van der Waals surface area (Å²) in [7, 11) is 1.46. The van der Waals surface area contributed by atoms with Gasteiger partial charge in [0.25, 0.3) is 0 Å². The van der Waals surface area contributed by atoms with Gasteiger partial charge in [0, 0.05) is 31.3 Å². The van der Waals surface area contributed by atoms with Crippen molar-refractivity contribution in [1.29, 1.82) is 0 Å². The summed E-state index contributed by atoms with van der Waals surface area (Å²) in [5, 5.41) is 11.6. The molecule has 36 heavy (non-hydrogen) atoms. The van der Waals surface area contributed by atoms with Crippen LogP contribution in [-0.4, -0.2) is 49.1 Å². The van der Waals surface area contributed by atoms with Crippen LogP contribution in [0.2, 0.25) is 0 Å². The van der Waals surface area contributed by atoms with Gasteiger partial charge in [0.2, 0.25) is 0 Å². The van der Waals surface area contributed by atoms with Crippen molar-refractivity contribution in [3.63, 3.8) is 0 Å². The van der Waals surface area contributed by atoms with E-state index in [-0.39, 0.29) is 47.1 Å². The summed E-state index contributed by atoms with van der Waals surface area (Å²) in [6.45, 7) is 7.90. The molecular weight excluding hydrogens is 456 g/mol. The Labute approximate surface area is 217 Å². The third-order valence-electron chi connectivity index (χ3n) is 11.8. The SMILES string of the molecule is COC(=O)CCC(C)C1CCC2C3C(O)C[C@@H]4CC(=O)CC[C@]4(C)C3C[C@H](OC3CCCCO3)[C@]12C. The lowest BCUT2D eigenvalue weighted by Crippen LogP contribution is -2.63. The first-order valence-corrected chi connectivity index (χ1v) is 14.7. The minimum absolute atomic E-state index is 0.0633. The molecule has 1 aliphatic heterocycles. The molecule has 5 rings (SSSR count). The number of rotatable bonds is 6. The number of Topliss-reactive ketones (excluding diaryl/α,β-unsaturated/α-hetero) is 1. The Morgan fingerprint density at radius 3 is 2.69 bits per heavy atom. The summed E-state index contributed by atoms with van der Waals surface area (Å²) in [6, 6.07) is 0. The van der Waals surface area contributed by atoms with Crippen LogP contribution in [0, 0.1) is 46.3 Å². The lowest BCUT2D eigenvalue weighted by molar-refractivity contribution is -0.264. The van der Waals surface area contributed by atoms with Crippen molar-refractivity contribution in [1.82, 2.24) is 0 Å². The van der Waals surface area contributed by atoms with Crippen molar-refractivity contribution in [2.24, 2.45) is 46.3 Å². The molecule has 0 amide bonds. The zero-order valence-corrected chi connectivity index (χ0v) is 22.9. The van der Waals surface area contributed by atoms with Crippen molar-refractivity contribution in [3.8, 4) is 0 Å². The van der Waals surface area contributed by atoms with Crippen molar-refractivity contribution >= 4 is 11.8 Å². The Morgan fingerprint density at radius 1 is 1.17 bits per heavy atom. The molecule has 0 bridgehead atoms. The van der Waals surface area contributed by atoms with E-state index in [0.29, 0.717) is 48.7 Å². The molecule has 0 spiro atoms. The van der Waals surface area contributed by atoms with E-state index < -0.39 is 0 Å². The first kappa shape index (κ1) is 26.6.